The summed E-state index contributed by atoms with van der Waals surface area (Å²) in [5, 5.41) is 7.54. The van der Waals surface area contributed by atoms with Crippen molar-refractivity contribution < 1.29 is 0 Å². The van der Waals surface area contributed by atoms with Crippen LogP contribution in [0.3, 0.4) is 0 Å². The molecule has 0 spiro atoms. The first kappa shape index (κ1) is 34.7. The third kappa shape index (κ3) is 5.99. The van der Waals surface area contributed by atoms with Gasteiger partial charge in [-0.3, -0.25) is 0 Å². The largest absolute Gasteiger partial charge is 0.208 e. The Bertz CT molecular complexity index is 3460. The van der Waals surface area contributed by atoms with Crippen LogP contribution >= 0.6 is 11.3 Å². The Labute approximate surface area is 352 Å². The zero-order valence-corrected chi connectivity index (χ0v) is 33.5. The summed E-state index contributed by atoms with van der Waals surface area (Å²) in [7, 11) is 0. The van der Waals surface area contributed by atoms with Gasteiger partial charge in [0.05, 0.1) is 0 Å². The minimum Gasteiger partial charge on any atom is -0.208 e. The fourth-order valence-electron chi connectivity index (χ4n) is 9.42. The van der Waals surface area contributed by atoms with Crippen molar-refractivity contribution >= 4 is 53.1 Å². The first-order chi connectivity index (χ1) is 29.7. The van der Waals surface area contributed by atoms with Crippen molar-refractivity contribution in [2.24, 2.45) is 0 Å². The van der Waals surface area contributed by atoms with Crippen LogP contribution in [-0.2, 0) is 6.42 Å². The van der Waals surface area contributed by atoms with Crippen molar-refractivity contribution in [2.75, 3.05) is 0 Å². The van der Waals surface area contributed by atoms with Gasteiger partial charge in [0.1, 0.15) is 0 Å². The number of hydrogen-bond acceptors (Lipinski definition) is 4. The number of aryl methyl sites for hydroxylation is 1. The van der Waals surface area contributed by atoms with Gasteiger partial charge in [-0.2, -0.15) is 0 Å². The maximum atomic E-state index is 5.35. The standard InChI is InChI=1S/C56H37N3S/c1-2-13-35(14-3-1)38-19-12-20-42(30-38)54-57-55(43-26-25-36-15-4-5-16-37(36)31-43)59-56(58-54)44-33-50(53-48-23-10-11-24-51(48)60-52(53)34-44)47-28-27-41-29-39-17-6-7-18-40(39)32-49(41)46-22-9-8-21-45(46)47/h1-26,29-34,47H,27-28H2. The summed E-state index contributed by atoms with van der Waals surface area (Å²) in [4.78, 5) is 15.9. The van der Waals surface area contributed by atoms with E-state index in [9.17, 15) is 0 Å². The minimum absolute atomic E-state index is 0.154. The van der Waals surface area contributed by atoms with E-state index >= 15 is 0 Å². The Hall–Kier alpha value is -7.27. The maximum Gasteiger partial charge on any atom is 0.164 e. The predicted molar refractivity (Wildman–Crippen MR) is 252 cm³/mol. The lowest BCUT2D eigenvalue weighted by Crippen LogP contribution is -2.05. The average molecular weight is 784 g/mol. The smallest absolute Gasteiger partial charge is 0.164 e. The third-order valence-corrected chi connectivity index (χ3v) is 13.4. The van der Waals surface area contributed by atoms with Crippen LogP contribution in [0.4, 0.5) is 0 Å². The Morgan fingerprint density at radius 3 is 1.85 bits per heavy atom. The second kappa shape index (κ2) is 14.2. The highest BCUT2D eigenvalue weighted by atomic mass is 32.1. The highest BCUT2D eigenvalue weighted by Crippen LogP contribution is 2.48. The van der Waals surface area contributed by atoms with Crippen LogP contribution in [0.25, 0.3) is 98.1 Å². The number of thiophene rings is 1. The van der Waals surface area contributed by atoms with Crippen molar-refractivity contribution in [2.45, 2.75) is 18.8 Å². The summed E-state index contributed by atoms with van der Waals surface area (Å²) < 4.78 is 2.53. The van der Waals surface area contributed by atoms with Gasteiger partial charge in [-0.25, -0.2) is 15.0 Å². The van der Waals surface area contributed by atoms with E-state index in [0.29, 0.717) is 17.5 Å². The molecule has 3 nitrogen and oxygen atoms in total. The van der Waals surface area contributed by atoms with Gasteiger partial charge in [-0.1, -0.05) is 158 Å². The highest BCUT2D eigenvalue weighted by molar-refractivity contribution is 7.25. The van der Waals surface area contributed by atoms with Gasteiger partial charge < -0.3 is 0 Å². The summed E-state index contributed by atoms with van der Waals surface area (Å²) in [6.45, 7) is 0. The van der Waals surface area contributed by atoms with E-state index < -0.39 is 0 Å². The van der Waals surface area contributed by atoms with Crippen LogP contribution in [0.2, 0.25) is 0 Å². The van der Waals surface area contributed by atoms with Crippen molar-refractivity contribution in [1.29, 1.82) is 0 Å². The fourth-order valence-corrected chi connectivity index (χ4v) is 10.6. The molecule has 0 N–H and O–H groups in total. The van der Waals surface area contributed by atoms with E-state index in [1.54, 1.807) is 0 Å². The normalized spacial score (nSPS) is 13.7. The molecule has 0 saturated carbocycles. The van der Waals surface area contributed by atoms with Gasteiger partial charge in [-0.15, -0.1) is 11.3 Å². The molecule has 9 aromatic carbocycles. The van der Waals surface area contributed by atoms with Crippen LogP contribution in [0.15, 0.2) is 194 Å². The van der Waals surface area contributed by atoms with E-state index in [-0.39, 0.29) is 5.92 Å². The minimum atomic E-state index is 0.154. The number of aromatic nitrogens is 3. The molecule has 0 radical (unpaired) electrons. The molecule has 0 amide bonds. The zero-order valence-electron chi connectivity index (χ0n) is 32.7. The summed E-state index contributed by atoms with van der Waals surface area (Å²) in [5.41, 5.74) is 11.9. The molecule has 282 valence electrons. The fraction of sp³-hybridized carbons (Fsp3) is 0.0536. The Balaban J connectivity index is 1.08. The number of benzene rings is 9. The molecule has 2 aromatic heterocycles. The SMILES string of the molecule is c1ccc(-c2cccc(-c3nc(-c4ccc5ccccc5c4)nc(-c4cc(C5CCc6cc7ccccc7cc6-c6ccccc65)c5c(c4)sc4ccccc45)n3)c2)cc1. The molecule has 1 aliphatic rings. The molecule has 0 fully saturated rings. The molecule has 0 saturated heterocycles. The van der Waals surface area contributed by atoms with Gasteiger partial charge in [0.25, 0.3) is 0 Å². The Morgan fingerprint density at radius 1 is 0.383 bits per heavy atom. The molecular formula is C56H37N3S. The van der Waals surface area contributed by atoms with Crippen LogP contribution in [0.5, 0.6) is 0 Å². The summed E-state index contributed by atoms with van der Waals surface area (Å²) in [6, 6.07) is 70.3. The quantitative estimate of drug-likeness (QED) is 0.174. The van der Waals surface area contributed by atoms with Crippen molar-refractivity contribution in [3.8, 4) is 56.4 Å². The second-order valence-electron chi connectivity index (χ2n) is 15.9. The molecular weight excluding hydrogens is 747 g/mol. The van der Waals surface area contributed by atoms with Crippen LogP contribution in [-0.4, -0.2) is 15.0 Å². The molecule has 0 bridgehead atoms. The first-order valence-electron chi connectivity index (χ1n) is 20.7. The predicted octanol–water partition coefficient (Wildman–Crippen LogP) is 15.0. The van der Waals surface area contributed by atoms with Gasteiger partial charge in [0.15, 0.2) is 17.5 Å². The highest BCUT2D eigenvalue weighted by Gasteiger charge is 2.28. The van der Waals surface area contributed by atoms with Gasteiger partial charge in [0.2, 0.25) is 0 Å². The van der Waals surface area contributed by atoms with E-state index in [0.717, 1.165) is 46.0 Å². The lowest BCUT2D eigenvalue weighted by molar-refractivity contribution is 0.731. The molecule has 4 heteroatoms. The first-order valence-corrected chi connectivity index (χ1v) is 21.5. The summed E-state index contributed by atoms with van der Waals surface area (Å²) in [5.74, 6) is 2.14. The molecule has 2 heterocycles. The van der Waals surface area contributed by atoms with E-state index in [2.05, 4.69) is 194 Å². The summed E-state index contributed by atoms with van der Waals surface area (Å²) in [6.07, 6.45) is 1.97. The maximum absolute atomic E-state index is 5.35. The number of fused-ring (bicyclic) bond motifs is 8. The molecule has 1 unspecified atom stereocenters. The Kier molecular flexibility index (Phi) is 8.24. The Morgan fingerprint density at radius 2 is 1.02 bits per heavy atom. The third-order valence-electron chi connectivity index (χ3n) is 12.3. The summed E-state index contributed by atoms with van der Waals surface area (Å²) >= 11 is 1.86. The van der Waals surface area contributed by atoms with Crippen LogP contribution in [0.1, 0.15) is 29.0 Å². The number of rotatable bonds is 5. The van der Waals surface area contributed by atoms with E-state index in [4.69, 9.17) is 15.0 Å². The molecule has 12 rings (SSSR count). The van der Waals surface area contributed by atoms with Gasteiger partial charge in [0, 0.05) is 42.8 Å². The second-order valence-corrected chi connectivity index (χ2v) is 17.0. The molecule has 60 heavy (non-hydrogen) atoms. The van der Waals surface area contributed by atoms with Gasteiger partial charge >= 0.3 is 0 Å². The molecule has 1 aliphatic carbocycles. The van der Waals surface area contributed by atoms with Crippen LogP contribution < -0.4 is 0 Å². The van der Waals surface area contributed by atoms with Crippen LogP contribution in [0, 0.1) is 0 Å². The molecule has 1 atom stereocenters. The van der Waals surface area contributed by atoms with Gasteiger partial charge in [-0.05, 0) is 110 Å². The van der Waals surface area contributed by atoms with E-state index in [1.165, 1.54) is 64.1 Å². The molecule has 11 aromatic rings. The van der Waals surface area contributed by atoms with Crippen molar-refractivity contribution in [3.05, 3.63) is 211 Å². The zero-order chi connectivity index (χ0) is 39.6. The number of hydrogen-bond donors (Lipinski definition) is 0. The van der Waals surface area contributed by atoms with Crippen molar-refractivity contribution in [1.82, 2.24) is 15.0 Å². The van der Waals surface area contributed by atoms with E-state index in [1.807, 2.05) is 11.3 Å². The lowest BCUT2D eigenvalue weighted by Gasteiger charge is -2.21. The average Bonchev–Trinajstić information content (AvgIpc) is 3.62. The monoisotopic (exact) mass is 783 g/mol. The topological polar surface area (TPSA) is 38.7 Å². The molecule has 0 aliphatic heterocycles. The lowest BCUT2D eigenvalue weighted by atomic mass is 9.83. The number of nitrogens with zero attached hydrogens (tertiary/aromatic N) is 3. The van der Waals surface area contributed by atoms with Crippen molar-refractivity contribution in [3.63, 3.8) is 0 Å².